The number of nitrogens with zero attached hydrogens (tertiary/aromatic N) is 2. The predicted octanol–water partition coefficient (Wildman–Crippen LogP) is 4.78. The molecule has 0 radical (unpaired) electrons. The van der Waals surface area contributed by atoms with Crippen LogP contribution in [0.3, 0.4) is 0 Å². The Kier molecular flexibility index (Phi) is 5.52. The van der Waals surface area contributed by atoms with Crippen LogP contribution in [-0.2, 0) is 4.74 Å². The van der Waals surface area contributed by atoms with Gasteiger partial charge in [0, 0.05) is 29.3 Å². The third kappa shape index (κ3) is 4.19. The van der Waals surface area contributed by atoms with E-state index in [4.69, 9.17) is 4.74 Å². The van der Waals surface area contributed by atoms with Gasteiger partial charge in [-0.2, -0.15) is 0 Å². The minimum Gasteiger partial charge on any atom is -0.491 e. The number of aromatic nitrogens is 2. The molecule has 0 aliphatic heterocycles. The van der Waals surface area contributed by atoms with Crippen LogP contribution in [0.1, 0.15) is 49.7 Å². The smallest absolute Gasteiger partial charge is 0.257 e. The number of allylic oxidation sites excluding steroid dienone is 3. The normalized spacial score (nSPS) is 19.7. The molecule has 2 heterocycles. The van der Waals surface area contributed by atoms with Crippen LogP contribution in [0.15, 0.2) is 53.4 Å². The molecule has 5 nitrogen and oxygen atoms in total. The van der Waals surface area contributed by atoms with Gasteiger partial charge >= 0.3 is 0 Å². The maximum atomic E-state index is 12.3. The van der Waals surface area contributed by atoms with Crippen molar-refractivity contribution in [1.29, 1.82) is 0 Å². The predicted molar refractivity (Wildman–Crippen MR) is 104 cm³/mol. The highest BCUT2D eigenvalue weighted by atomic mass is 32.1. The van der Waals surface area contributed by atoms with Crippen LogP contribution < -0.4 is 5.32 Å². The fraction of sp³-hybridized carbons (Fsp3) is 0.350. The number of thiazole rings is 1. The molecular weight excluding hydrogens is 346 g/mol. The van der Waals surface area contributed by atoms with E-state index in [1.807, 2.05) is 19.2 Å². The summed E-state index contributed by atoms with van der Waals surface area (Å²) in [6.45, 7) is 8.32. The lowest BCUT2D eigenvalue weighted by atomic mass is 9.81. The van der Waals surface area contributed by atoms with Gasteiger partial charge in [0.1, 0.15) is 5.76 Å². The number of carbonyl (C=O) groups excluding carboxylic acids is 1. The first-order valence-corrected chi connectivity index (χ1v) is 9.55. The van der Waals surface area contributed by atoms with Gasteiger partial charge in [0.25, 0.3) is 5.91 Å². The Hall–Kier alpha value is -2.47. The van der Waals surface area contributed by atoms with E-state index in [2.05, 4.69) is 41.3 Å². The van der Waals surface area contributed by atoms with Crippen molar-refractivity contribution in [3.8, 4) is 0 Å². The van der Waals surface area contributed by atoms with Crippen molar-refractivity contribution in [3.05, 3.63) is 64.6 Å². The highest BCUT2D eigenvalue weighted by molar-refractivity contribution is 7.14. The van der Waals surface area contributed by atoms with E-state index in [1.165, 1.54) is 16.9 Å². The summed E-state index contributed by atoms with van der Waals surface area (Å²) in [6.07, 6.45) is 7.58. The molecule has 1 aliphatic rings. The molecule has 2 aromatic rings. The van der Waals surface area contributed by atoms with Crippen LogP contribution in [0, 0.1) is 5.92 Å². The number of amides is 1. The summed E-state index contributed by atoms with van der Waals surface area (Å²) >= 11 is 1.44. The zero-order valence-corrected chi connectivity index (χ0v) is 16.2. The van der Waals surface area contributed by atoms with E-state index in [-0.39, 0.29) is 23.8 Å². The molecule has 2 atom stereocenters. The van der Waals surface area contributed by atoms with Gasteiger partial charge in [0.15, 0.2) is 5.13 Å². The van der Waals surface area contributed by atoms with Crippen LogP contribution in [0.2, 0.25) is 0 Å². The Labute approximate surface area is 157 Å². The zero-order chi connectivity index (χ0) is 18.7. The Morgan fingerprint density at radius 2 is 2.04 bits per heavy atom. The molecule has 2 unspecified atom stereocenters. The van der Waals surface area contributed by atoms with Crippen molar-refractivity contribution < 1.29 is 9.53 Å². The lowest BCUT2D eigenvalue weighted by molar-refractivity contribution is 0.102. The first-order valence-electron chi connectivity index (χ1n) is 8.67. The lowest BCUT2D eigenvalue weighted by Crippen LogP contribution is -2.16. The van der Waals surface area contributed by atoms with Gasteiger partial charge < -0.3 is 4.74 Å². The number of hydrogen-bond acceptors (Lipinski definition) is 5. The molecule has 1 N–H and O–H groups in total. The van der Waals surface area contributed by atoms with E-state index >= 15 is 0 Å². The maximum Gasteiger partial charge on any atom is 0.257 e. The Bertz CT molecular complexity index is 840. The SMILES string of the molecule is CC1=CC(OC(C)C)=CC(C)C1c1csc(NC(=O)c2ccncc2)n1. The van der Waals surface area contributed by atoms with E-state index in [9.17, 15) is 4.79 Å². The van der Waals surface area contributed by atoms with E-state index in [0.717, 1.165) is 11.5 Å². The van der Waals surface area contributed by atoms with Crippen LogP contribution >= 0.6 is 11.3 Å². The minimum atomic E-state index is -0.176. The first kappa shape index (κ1) is 18.3. The first-order chi connectivity index (χ1) is 12.4. The summed E-state index contributed by atoms with van der Waals surface area (Å²) in [4.78, 5) is 20.8. The van der Waals surface area contributed by atoms with Gasteiger partial charge in [-0.25, -0.2) is 4.98 Å². The van der Waals surface area contributed by atoms with Gasteiger partial charge in [-0.05, 0) is 51.0 Å². The second kappa shape index (κ2) is 7.83. The van der Waals surface area contributed by atoms with Gasteiger partial charge in [0.2, 0.25) is 0 Å². The largest absolute Gasteiger partial charge is 0.491 e. The Morgan fingerprint density at radius 1 is 1.31 bits per heavy atom. The third-order valence-corrected chi connectivity index (χ3v) is 4.96. The van der Waals surface area contributed by atoms with Crippen molar-refractivity contribution in [2.75, 3.05) is 5.32 Å². The van der Waals surface area contributed by atoms with Crippen LogP contribution in [-0.4, -0.2) is 22.0 Å². The quantitative estimate of drug-likeness (QED) is 0.824. The molecule has 2 aromatic heterocycles. The van der Waals surface area contributed by atoms with Crippen molar-refractivity contribution in [2.45, 2.75) is 39.7 Å². The molecule has 136 valence electrons. The molecule has 0 aromatic carbocycles. The Balaban J connectivity index is 1.73. The number of rotatable bonds is 5. The van der Waals surface area contributed by atoms with Crippen molar-refractivity contribution >= 4 is 22.4 Å². The fourth-order valence-corrected chi connectivity index (χ4v) is 3.88. The number of anilines is 1. The van der Waals surface area contributed by atoms with Crippen LogP contribution in [0.5, 0.6) is 0 Å². The number of nitrogens with one attached hydrogen (secondary N) is 1. The minimum absolute atomic E-state index is 0.156. The zero-order valence-electron chi connectivity index (χ0n) is 15.4. The summed E-state index contributed by atoms with van der Waals surface area (Å²) < 4.78 is 5.83. The van der Waals surface area contributed by atoms with Crippen LogP contribution in [0.4, 0.5) is 5.13 Å². The van der Waals surface area contributed by atoms with Crippen LogP contribution in [0.25, 0.3) is 0 Å². The molecule has 1 aliphatic carbocycles. The van der Waals surface area contributed by atoms with Gasteiger partial charge in [-0.3, -0.25) is 15.1 Å². The van der Waals surface area contributed by atoms with Crippen molar-refractivity contribution in [3.63, 3.8) is 0 Å². The number of carbonyl (C=O) groups is 1. The monoisotopic (exact) mass is 369 g/mol. The molecule has 0 bridgehead atoms. The average molecular weight is 369 g/mol. The highest BCUT2D eigenvalue weighted by Gasteiger charge is 2.27. The summed E-state index contributed by atoms with van der Waals surface area (Å²) in [7, 11) is 0. The van der Waals surface area contributed by atoms with Crippen molar-refractivity contribution in [1.82, 2.24) is 9.97 Å². The molecule has 0 spiro atoms. The second-order valence-electron chi connectivity index (χ2n) is 6.73. The van der Waals surface area contributed by atoms with Gasteiger partial charge in [-0.15, -0.1) is 11.3 Å². The third-order valence-electron chi connectivity index (χ3n) is 4.19. The van der Waals surface area contributed by atoms with Gasteiger partial charge in [-0.1, -0.05) is 12.5 Å². The summed E-state index contributed by atoms with van der Waals surface area (Å²) in [5, 5.41) is 5.49. The van der Waals surface area contributed by atoms with E-state index < -0.39 is 0 Å². The molecule has 3 rings (SSSR count). The van der Waals surface area contributed by atoms with E-state index in [1.54, 1.807) is 24.5 Å². The summed E-state index contributed by atoms with van der Waals surface area (Å²) in [5.41, 5.74) is 2.76. The van der Waals surface area contributed by atoms with E-state index in [0.29, 0.717) is 10.7 Å². The highest BCUT2D eigenvalue weighted by Crippen LogP contribution is 2.38. The Morgan fingerprint density at radius 3 is 2.69 bits per heavy atom. The molecule has 6 heteroatoms. The number of pyridine rings is 1. The average Bonchev–Trinajstić information content (AvgIpc) is 3.02. The fourth-order valence-electron chi connectivity index (χ4n) is 3.14. The molecular formula is C20H23N3O2S. The van der Waals surface area contributed by atoms with Crippen molar-refractivity contribution in [2.24, 2.45) is 5.92 Å². The molecule has 0 fully saturated rings. The lowest BCUT2D eigenvalue weighted by Gasteiger charge is -2.27. The number of ether oxygens (including phenoxy) is 1. The molecule has 0 saturated carbocycles. The summed E-state index contributed by atoms with van der Waals surface area (Å²) in [6, 6.07) is 3.36. The molecule has 0 saturated heterocycles. The maximum absolute atomic E-state index is 12.3. The molecule has 1 amide bonds. The number of hydrogen-bond donors (Lipinski definition) is 1. The topological polar surface area (TPSA) is 64.1 Å². The summed E-state index contributed by atoms with van der Waals surface area (Å²) in [5.74, 6) is 1.21. The van der Waals surface area contributed by atoms with Gasteiger partial charge in [0.05, 0.1) is 11.8 Å². The second-order valence-corrected chi connectivity index (χ2v) is 7.59. The molecule has 26 heavy (non-hydrogen) atoms. The standard InChI is InChI=1S/C20H23N3O2S/c1-12(2)25-16-9-13(3)18(14(4)10-16)17-11-26-20(22-17)23-19(24)15-5-7-21-8-6-15/h5-13,18H,1-4H3,(H,22,23,24).